The lowest BCUT2D eigenvalue weighted by molar-refractivity contribution is -0.141. The Kier molecular flexibility index (Phi) is 5.36. The average molecular weight is 351 g/mol. The van der Waals surface area contributed by atoms with Gasteiger partial charge in [-0.2, -0.15) is 4.31 Å². The number of benzene rings is 2. The number of hydrogen-bond acceptors (Lipinski definition) is 3. The third-order valence-corrected chi connectivity index (χ3v) is 5.64. The first-order valence-corrected chi connectivity index (χ1v) is 8.68. The number of carboxylic acid groups (broad SMARTS) is 1. The van der Waals surface area contributed by atoms with E-state index in [2.05, 4.69) is 0 Å². The smallest absolute Gasteiger partial charge is 0.322 e. The van der Waals surface area contributed by atoms with Crippen LogP contribution < -0.4 is 0 Å². The Balaban J connectivity index is 2.31. The van der Waals surface area contributed by atoms with Gasteiger partial charge in [-0.3, -0.25) is 4.79 Å². The van der Waals surface area contributed by atoms with Gasteiger partial charge in [0.15, 0.2) is 0 Å². The highest BCUT2D eigenvalue weighted by Gasteiger charge is 2.32. The summed E-state index contributed by atoms with van der Waals surface area (Å²) in [5.74, 6) is -1.70. The number of aryl methyl sites for hydroxylation is 1. The maximum absolute atomic E-state index is 13.0. The van der Waals surface area contributed by atoms with E-state index in [1.54, 1.807) is 12.1 Å². The summed E-state index contributed by atoms with van der Waals surface area (Å²) in [4.78, 5) is 11.6. The first kappa shape index (κ1) is 18.1. The van der Waals surface area contributed by atoms with Crippen molar-refractivity contribution >= 4 is 16.0 Å². The quantitative estimate of drug-likeness (QED) is 0.867. The molecule has 0 aliphatic carbocycles. The fourth-order valence-electron chi connectivity index (χ4n) is 2.26. The molecule has 0 amide bonds. The minimum atomic E-state index is -3.95. The number of carbonyl (C=O) groups is 1. The number of halogens is 1. The van der Waals surface area contributed by atoms with Crippen LogP contribution >= 0.6 is 0 Å². The van der Waals surface area contributed by atoms with E-state index < -0.39 is 27.9 Å². The van der Waals surface area contributed by atoms with E-state index in [0.717, 1.165) is 9.87 Å². The second kappa shape index (κ2) is 7.11. The molecule has 5 nitrogen and oxygen atoms in total. The summed E-state index contributed by atoms with van der Waals surface area (Å²) >= 11 is 0. The van der Waals surface area contributed by atoms with Gasteiger partial charge in [-0.05, 0) is 43.2 Å². The zero-order valence-corrected chi connectivity index (χ0v) is 14.1. The fourth-order valence-corrected chi connectivity index (χ4v) is 3.57. The molecule has 0 aromatic heterocycles. The summed E-state index contributed by atoms with van der Waals surface area (Å²) in [6, 6.07) is 10.2. The normalized spacial score (nSPS) is 13.0. The first-order valence-electron chi connectivity index (χ1n) is 7.24. The monoisotopic (exact) mass is 351 g/mol. The van der Waals surface area contributed by atoms with Gasteiger partial charge in [0.1, 0.15) is 11.9 Å². The number of likely N-dealkylation sites (N-methyl/N-ethyl adjacent to an activating group) is 1. The molecule has 0 saturated heterocycles. The lowest BCUT2D eigenvalue weighted by Crippen LogP contribution is -2.43. The largest absolute Gasteiger partial charge is 0.480 e. The third-order valence-electron chi connectivity index (χ3n) is 3.76. The number of sulfonamides is 1. The van der Waals surface area contributed by atoms with Crippen LogP contribution in [-0.2, 0) is 21.2 Å². The molecule has 0 aliphatic heterocycles. The maximum atomic E-state index is 13.0. The molecule has 1 N–H and O–H groups in total. The molecule has 0 unspecified atom stereocenters. The number of aliphatic carboxylic acids is 1. The van der Waals surface area contributed by atoms with E-state index in [0.29, 0.717) is 5.56 Å². The molecule has 2 aromatic carbocycles. The molecule has 7 heteroatoms. The van der Waals surface area contributed by atoms with Gasteiger partial charge >= 0.3 is 5.97 Å². The summed E-state index contributed by atoms with van der Waals surface area (Å²) in [5.41, 5.74) is 1.44. The zero-order chi connectivity index (χ0) is 17.9. The molecule has 128 valence electrons. The molecular weight excluding hydrogens is 333 g/mol. The molecule has 0 saturated carbocycles. The highest BCUT2D eigenvalue weighted by molar-refractivity contribution is 7.89. The number of hydrogen-bond donors (Lipinski definition) is 1. The molecule has 0 radical (unpaired) electrons. The highest BCUT2D eigenvalue weighted by atomic mass is 32.2. The van der Waals surface area contributed by atoms with Gasteiger partial charge in [0.2, 0.25) is 10.0 Å². The summed E-state index contributed by atoms with van der Waals surface area (Å²) in [7, 11) is -2.72. The zero-order valence-electron chi connectivity index (χ0n) is 13.3. The maximum Gasteiger partial charge on any atom is 0.322 e. The Morgan fingerprint density at radius 3 is 2.17 bits per heavy atom. The van der Waals surface area contributed by atoms with Gasteiger partial charge in [0.05, 0.1) is 4.90 Å². The molecule has 24 heavy (non-hydrogen) atoms. The van der Waals surface area contributed by atoms with Crippen LogP contribution in [0.5, 0.6) is 0 Å². The highest BCUT2D eigenvalue weighted by Crippen LogP contribution is 2.19. The van der Waals surface area contributed by atoms with E-state index in [-0.39, 0.29) is 11.3 Å². The molecule has 1 atom stereocenters. The third kappa shape index (κ3) is 3.98. The second-order valence-electron chi connectivity index (χ2n) is 5.52. The van der Waals surface area contributed by atoms with Crippen molar-refractivity contribution in [3.63, 3.8) is 0 Å². The topological polar surface area (TPSA) is 74.7 Å². The van der Waals surface area contributed by atoms with Gasteiger partial charge in [-0.1, -0.05) is 29.8 Å². The van der Waals surface area contributed by atoms with E-state index in [1.165, 1.54) is 43.4 Å². The van der Waals surface area contributed by atoms with Gasteiger partial charge in [-0.25, -0.2) is 12.8 Å². The van der Waals surface area contributed by atoms with Crippen LogP contribution in [0.1, 0.15) is 11.1 Å². The summed E-state index contributed by atoms with van der Waals surface area (Å²) < 4.78 is 39.1. The molecule has 0 aliphatic rings. The van der Waals surface area contributed by atoms with Crippen LogP contribution in [0.25, 0.3) is 0 Å². The first-order chi connectivity index (χ1) is 11.2. The van der Waals surface area contributed by atoms with Gasteiger partial charge in [-0.15, -0.1) is 0 Å². The van der Waals surface area contributed by atoms with Gasteiger partial charge in [0.25, 0.3) is 0 Å². The minimum absolute atomic E-state index is 0.0287. The molecule has 0 fully saturated rings. The van der Waals surface area contributed by atoms with E-state index in [4.69, 9.17) is 0 Å². The van der Waals surface area contributed by atoms with E-state index in [9.17, 15) is 22.7 Å². The molecular formula is C17H18FNO4S. The molecule has 0 bridgehead atoms. The van der Waals surface area contributed by atoms with Crippen molar-refractivity contribution in [2.24, 2.45) is 0 Å². The summed E-state index contributed by atoms with van der Waals surface area (Å²) in [6.45, 7) is 1.83. The Bertz CT molecular complexity index is 817. The van der Waals surface area contributed by atoms with Crippen molar-refractivity contribution in [2.75, 3.05) is 7.05 Å². The Morgan fingerprint density at radius 1 is 1.12 bits per heavy atom. The second-order valence-corrected chi connectivity index (χ2v) is 7.52. The lowest BCUT2D eigenvalue weighted by Gasteiger charge is -2.24. The predicted octanol–water partition coefficient (Wildman–Crippen LogP) is 2.45. The molecule has 0 heterocycles. The van der Waals surface area contributed by atoms with Crippen molar-refractivity contribution in [2.45, 2.75) is 24.3 Å². The number of nitrogens with zero attached hydrogens (tertiary/aromatic N) is 1. The number of carboxylic acids is 1. The number of rotatable bonds is 6. The molecule has 2 aromatic rings. The van der Waals surface area contributed by atoms with Crippen LogP contribution in [0, 0.1) is 12.7 Å². The van der Waals surface area contributed by atoms with Gasteiger partial charge in [0, 0.05) is 7.05 Å². The van der Waals surface area contributed by atoms with Gasteiger partial charge < -0.3 is 5.11 Å². The van der Waals surface area contributed by atoms with Crippen LogP contribution in [0.15, 0.2) is 53.4 Å². The minimum Gasteiger partial charge on any atom is -0.480 e. The van der Waals surface area contributed by atoms with Crippen molar-refractivity contribution in [3.05, 3.63) is 65.5 Å². The SMILES string of the molecule is Cc1ccc(S(=O)(=O)N(C)[C@H](Cc2ccc(F)cc2)C(=O)O)cc1. The summed E-state index contributed by atoms with van der Waals surface area (Å²) in [6.07, 6.45) is -0.0583. The summed E-state index contributed by atoms with van der Waals surface area (Å²) in [5, 5.41) is 9.43. The van der Waals surface area contributed by atoms with Crippen LogP contribution in [0.4, 0.5) is 4.39 Å². The molecule has 0 spiro atoms. The lowest BCUT2D eigenvalue weighted by atomic mass is 10.1. The predicted molar refractivity (Wildman–Crippen MR) is 87.7 cm³/mol. The van der Waals surface area contributed by atoms with E-state index >= 15 is 0 Å². The average Bonchev–Trinajstić information content (AvgIpc) is 2.53. The van der Waals surface area contributed by atoms with Crippen molar-refractivity contribution in [1.29, 1.82) is 0 Å². The van der Waals surface area contributed by atoms with Crippen LogP contribution in [0.2, 0.25) is 0 Å². The van der Waals surface area contributed by atoms with Crippen LogP contribution in [-0.4, -0.2) is 36.9 Å². The fraction of sp³-hybridized carbons (Fsp3) is 0.235. The van der Waals surface area contributed by atoms with Crippen molar-refractivity contribution < 1.29 is 22.7 Å². The van der Waals surface area contributed by atoms with Crippen molar-refractivity contribution in [3.8, 4) is 0 Å². The molecule has 2 rings (SSSR count). The standard InChI is InChI=1S/C17H18FNO4S/c1-12-3-9-15(10-4-12)24(22,23)19(2)16(17(20)21)11-13-5-7-14(18)8-6-13/h3-10,16H,11H2,1-2H3,(H,20,21)/t16-/m1/s1. The van der Waals surface area contributed by atoms with Crippen molar-refractivity contribution in [1.82, 2.24) is 4.31 Å². The Labute approximate surface area is 140 Å². The van der Waals surface area contributed by atoms with E-state index in [1.807, 2.05) is 6.92 Å². The Hall–Kier alpha value is -2.25. The van der Waals surface area contributed by atoms with Crippen LogP contribution in [0.3, 0.4) is 0 Å². The Morgan fingerprint density at radius 2 is 1.67 bits per heavy atom.